The highest BCUT2D eigenvalue weighted by atomic mass is 32.2. The van der Waals surface area contributed by atoms with Crippen LogP contribution >= 0.6 is 11.8 Å². The van der Waals surface area contributed by atoms with Gasteiger partial charge < -0.3 is 30.0 Å². The molecule has 4 bridgehead atoms. The molecule has 2 amide bonds. The van der Waals surface area contributed by atoms with Gasteiger partial charge in [-0.2, -0.15) is 0 Å². The summed E-state index contributed by atoms with van der Waals surface area (Å²) in [5.41, 5.74) is 3.45. The number of carbonyl (C=O) groups is 1. The fourth-order valence-corrected chi connectivity index (χ4v) is 9.84. The van der Waals surface area contributed by atoms with Gasteiger partial charge in [0.2, 0.25) is 0 Å². The van der Waals surface area contributed by atoms with E-state index in [1.54, 1.807) is 18.9 Å². The van der Waals surface area contributed by atoms with Gasteiger partial charge in [0, 0.05) is 33.4 Å². The lowest BCUT2D eigenvalue weighted by Gasteiger charge is -2.56. The lowest BCUT2D eigenvalue weighted by Crippen LogP contribution is -2.60. The van der Waals surface area contributed by atoms with E-state index >= 15 is 0 Å². The largest absolute Gasteiger partial charge is 0.496 e. The number of aliphatic hydroxyl groups is 1. The number of benzene rings is 3. The number of nitrogens with one attached hydrogen (secondary N) is 2. The summed E-state index contributed by atoms with van der Waals surface area (Å²) in [4.78, 5) is 14.4. The van der Waals surface area contributed by atoms with Gasteiger partial charge in [-0.25, -0.2) is 4.79 Å². The van der Waals surface area contributed by atoms with Crippen LogP contribution in [0.2, 0.25) is 0 Å². The molecule has 4 aliphatic carbocycles. The second-order valence-corrected chi connectivity index (χ2v) is 14.7. The second kappa shape index (κ2) is 13.0. The van der Waals surface area contributed by atoms with Gasteiger partial charge in [0.1, 0.15) is 5.75 Å². The van der Waals surface area contributed by atoms with E-state index in [1.165, 1.54) is 19.3 Å². The maximum Gasteiger partial charge on any atom is 0.319 e. The number of hydrogen-bond acceptors (Lipinski definition) is 6. The molecule has 0 unspecified atom stereocenters. The zero-order valence-corrected chi connectivity index (χ0v) is 26.9. The van der Waals surface area contributed by atoms with Gasteiger partial charge in [0.25, 0.3) is 0 Å². The van der Waals surface area contributed by atoms with Crippen LogP contribution in [-0.2, 0) is 16.1 Å². The molecule has 8 rings (SSSR count). The van der Waals surface area contributed by atoms with Crippen LogP contribution in [0.15, 0.2) is 77.7 Å². The third-order valence-electron chi connectivity index (χ3n) is 10.4. The summed E-state index contributed by atoms with van der Waals surface area (Å²) in [5.74, 6) is 3.94. The predicted octanol–water partition coefficient (Wildman–Crippen LogP) is 7.86. The maximum atomic E-state index is 13.3. The summed E-state index contributed by atoms with van der Waals surface area (Å²) in [7, 11) is 1.69. The molecular formula is C37H44N2O5S. The Balaban J connectivity index is 1.08. The summed E-state index contributed by atoms with van der Waals surface area (Å²) < 4.78 is 18.9. The van der Waals surface area contributed by atoms with Crippen molar-refractivity contribution in [3.63, 3.8) is 0 Å². The van der Waals surface area contributed by atoms with Crippen LogP contribution in [0.5, 0.6) is 5.75 Å². The maximum absolute atomic E-state index is 13.3. The number of thioether (sulfide) groups is 1. The second-order valence-electron chi connectivity index (χ2n) is 13.7. The van der Waals surface area contributed by atoms with Gasteiger partial charge in [-0.15, -0.1) is 11.8 Å². The Morgan fingerprint density at radius 1 is 0.933 bits per heavy atom. The highest BCUT2D eigenvalue weighted by Gasteiger charge is 2.51. The Morgan fingerprint density at radius 2 is 1.64 bits per heavy atom. The first-order chi connectivity index (χ1) is 21.9. The Bertz CT molecular complexity index is 1460. The molecule has 3 aromatic carbocycles. The van der Waals surface area contributed by atoms with E-state index in [2.05, 4.69) is 23.6 Å². The van der Waals surface area contributed by atoms with E-state index in [4.69, 9.17) is 14.2 Å². The van der Waals surface area contributed by atoms with Crippen LogP contribution in [0.3, 0.4) is 0 Å². The number of para-hydroxylation sites is 1. The molecule has 3 aromatic rings. The van der Waals surface area contributed by atoms with Gasteiger partial charge in [-0.1, -0.05) is 55.5 Å². The quantitative estimate of drug-likeness (QED) is 0.209. The zero-order chi connectivity index (χ0) is 31.0. The molecule has 4 saturated carbocycles. The van der Waals surface area contributed by atoms with Crippen LogP contribution < -0.4 is 15.4 Å². The van der Waals surface area contributed by atoms with Gasteiger partial charge in [-0.05, 0) is 91.7 Å². The Kier molecular flexibility index (Phi) is 8.83. The van der Waals surface area contributed by atoms with Crippen molar-refractivity contribution in [2.24, 2.45) is 23.7 Å². The van der Waals surface area contributed by atoms with E-state index in [0.29, 0.717) is 0 Å². The first-order valence-electron chi connectivity index (χ1n) is 16.4. The fraction of sp³-hybridized carbons (Fsp3) is 0.486. The normalized spacial score (nSPS) is 31.8. The number of hydrogen-bond donors (Lipinski definition) is 3. The van der Waals surface area contributed by atoms with E-state index in [-0.39, 0.29) is 36.3 Å². The van der Waals surface area contributed by atoms with Crippen molar-refractivity contribution >= 4 is 23.5 Å². The van der Waals surface area contributed by atoms with Crippen molar-refractivity contribution in [2.45, 2.75) is 81.0 Å². The number of carbonyl (C=O) groups excluding carboxylic acids is 1. The lowest BCUT2D eigenvalue weighted by atomic mass is 9.53. The molecule has 45 heavy (non-hydrogen) atoms. The third kappa shape index (κ3) is 6.61. The van der Waals surface area contributed by atoms with E-state index in [0.717, 1.165) is 75.8 Å². The van der Waals surface area contributed by atoms with Crippen molar-refractivity contribution in [3.8, 4) is 5.75 Å². The average molecular weight is 629 g/mol. The van der Waals surface area contributed by atoms with Crippen molar-refractivity contribution in [2.75, 3.05) is 18.2 Å². The molecule has 0 radical (unpaired) electrons. The molecule has 1 aliphatic heterocycles. The number of methoxy groups -OCH3 is 1. The smallest absolute Gasteiger partial charge is 0.319 e. The minimum Gasteiger partial charge on any atom is -0.496 e. The number of urea groups is 1. The molecule has 1 saturated heterocycles. The molecule has 238 valence electrons. The van der Waals surface area contributed by atoms with Crippen molar-refractivity contribution in [3.05, 3.63) is 89.5 Å². The monoisotopic (exact) mass is 628 g/mol. The molecule has 3 N–H and O–H groups in total. The standard InChI is InChI=1S/C37H44N2O5S/c1-23-32(22-45-33-9-4-3-8-31(33)42-2)43-35(44-34(23)28-12-10-24(21-40)11-13-28)29-6-5-7-30(17-29)38-36(41)39-37-18-25-14-26(19-37)16-27(15-25)20-37/h3-13,17,23,25-27,32,34-35,40H,14-16,18-22H2,1-2H3,(H2,38,39,41)/t23-,25?,26?,27?,32+,34+,35+,37?/m0/s1. The van der Waals surface area contributed by atoms with Gasteiger partial charge in [0.15, 0.2) is 6.29 Å². The summed E-state index contributed by atoms with van der Waals surface area (Å²) in [6.45, 7) is 2.17. The first kappa shape index (κ1) is 30.6. The van der Waals surface area contributed by atoms with E-state index in [9.17, 15) is 9.90 Å². The van der Waals surface area contributed by atoms with E-state index in [1.807, 2.05) is 66.7 Å². The molecule has 4 atom stereocenters. The molecule has 0 spiro atoms. The highest BCUT2D eigenvalue weighted by molar-refractivity contribution is 7.99. The molecule has 1 heterocycles. The van der Waals surface area contributed by atoms with Crippen LogP contribution in [0, 0.1) is 23.7 Å². The Morgan fingerprint density at radius 3 is 2.33 bits per heavy atom. The summed E-state index contributed by atoms with van der Waals surface area (Å²) in [6, 6.07) is 23.7. The topological polar surface area (TPSA) is 89.1 Å². The molecular weight excluding hydrogens is 584 g/mol. The van der Waals surface area contributed by atoms with Crippen LogP contribution in [-0.4, -0.2) is 35.6 Å². The fourth-order valence-electron chi connectivity index (χ4n) is 8.65. The number of aliphatic hydroxyl groups excluding tert-OH is 1. The molecule has 7 nitrogen and oxygen atoms in total. The minimum absolute atomic E-state index is 0.00149. The van der Waals surface area contributed by atoms with Gasteiger partial charge >= 0.3 is 6.03 Å². The molecule has 0 aromatic heterocycles. The van der Waals surface area contributed by atoms with Crippen LogP contribution in [0.4, 0.5) is 10.5 Å². The Hall–Kier alpha value is -3.04. The predicted molar refractivity (Wildman–Crippen MR) is 176 cm³/mol. The highest BCUT2D eigenvalue weighted by Crippen LogP contribution is 2.55. The van der Waals surface area contributed by atoms with Crippen molar-refractivity contribution < 1.29 is 24.1 Å². The minimum atomic E-state index is -0.611. The average Bonchev–Trinajstić information content (AvgIpc) is 3.03. The molecule has 8 heteroatoms. The van der Waals surface area contributed by atoms with Gasteiger partial charge in [-0.3, -0.25) is 0 Å². The third-order valence-corrected chi connectivity index (χ3v) is 11.6. The zero-order valence-electron chi connectivity index (χ0n) is 26.1. The van der Waals surface area contributed by atoms with Crippen LogP contribution in [0.25, 0.3) is 0 Å². The number of rotatable bonds is 9. The lowest BCUT2D eigenvalue weighted by molar-refractivity contribution is -0.268. The SMILES string of the molecule is COc1ccccc1SC[C@H]1O[C@@H](c2cccc(NC(=O)NC34CC5CC(CC(C5)C3)C4)c2)O[C@@H](c2ccc(CO)cc2)[C@H]1C. The van der Waals surface area contributed by atoms with Gasteiger partial charge in [0.05, 0.1) is 25.9 Å². The number of amides is 2. The summed E-state index contributed by atoms with van der Waals surface area (Å²) in [5, 5.41) is 16.1. The number of ether oxygens (including phenoxy) is 3. The molecule has 5 fully saturated rings. The Labute approximate surface area is 270 Å². The summed E-state index contributed by atoms with van der Waals surface area (Å²) >= 11 is 1.72. The summed E-state index contributed by atoms with van der Waals surface area (Å²) in [6.07, 6.45) is 6.43. The van der Waals surface area contributed by atoms with E-state index < -0.39 is 6.29 Å². The van der Waals surface area contributed by atoms with Crippen molar-refractivity contribution in [1.29, 1.82) is 0 Å². The molecule has 5 aliphatic rings. The first-order valence-corrected chi connectivity index (χ1v) is 17.3. The number of anilines is 1. The van der Waals surface area contributed by atoms with Crippen molar-refractivity contribution in [1.82, 2.24) is 5.32 Å². The van der Waals surface area contributed by atoms with Crippen LogP contribution in [0.1, 0.15) is 74.5 Å².